The number of aryl methyl sites for hydroxylation is 2. The molecule has 0 saturated carbocycles. The van der Waals surface area contributed by atoms with Crippen molar-refractivity contribution in [3.05, 3.63) is 53.6 Å². The molecule has 0 saturated heterocycles. The molecule has 7 heteroatoms. The van der Waals surface area contributed by atoms with E-state index in [0.29, 0.717) is 17.0 Å². The number of carbonyl (C=O) groups is 1. The number of anilines is 1. The lowest BCUT2D eigenvalue weighted by atomic mass is 10.2. The molecule has 0 aromatic heterocycles. The molecule has 2 rings (SSSR count). The smallest absolute Gasteiger partial charge is 0.261 e. The third-order valence-electron chi connectivity index (χ3n) is 4.25. The zero-order chi connectivity index (χ0) is 20.7. The van der Waals surface area contributed by atoms with Crippen LogP contribution in [0.4, 0.5) is 5.69 Å². The van der Waals surface area contributed by atoms with E-state index in [2.05, 4.69) is 17.0 Å². The molecule has 0 aliphatic heterocycles. The van der Waals surface area contributed by atoms with Crippen molar-refractivity contribution in [3.8, 4) is 5.75 Å². The molecule has 1 amide bonds. The highest BCUT2D eigenvalue weighted by molar-refractivity contribution is 7.92. The van der Waals surface area contributed by atoms with E-state index in [4.69, 9.17) is 4.74 Å². The summed E-state index contributed by atoms with van der Waals surface area (Å²) in [4.78, 5) is 12.1. The summed E-state index contributed by atoms with van der Waals surface area (Å²) >= 11 is 0. The van der Waals surface area contributed by atoms with Crippen molar-refractivity contribution in [1.82, 2.24) is 5.32 Å². The number of sulfonamides is 1. The van der Waals surface area contributed by atoms with Crippen LogP contribution in [0.2, 0.25) is 0 Å². The van der Waals surface area contributed by atoms with Gasteiger partial charge in [-0.25, -0.2) is 8.42 Å². The van der Waals surface area contributed by atoms with Crippen molar-refractivity contribution in [2.24, 2.45) is 0 Å². The summed E-state index contributed by atoms with van der Waals surface area (Å²) in [5.41, 5.74) is 2.19. The summed E-state index contributed by atoms with van der Waals surface area (Å²) in [5.74, 6) is 0.283. The summed E-state index contributed by atoms with van der Waals surface area (Å²) in [6, 6.07) is 11.8. The van der Waals surface area contributed by atoms with E-state index in [0.717, 1.165) is 18.4 Å². The van der Waals surface area contributed by atoms with Crippen molar-refractivity contribution < 1.29 is 17.9 Å². The minimum absolute atomic E-state index is 0.0996. The van der Waals surface area contributed by atoms with Crippen LogP contribution in [0.1, 0.15) is 37.8 Å². The van der Waals surface area contributed by atoms with E-state index in [1.54, 1.807) is 25.1 Å². The number of benzene rings is 2. The maximum absolute atomic E-state index is 12.6. The summed E-state index contributed by atoms with van der Waals surface area (Å²) in [5, 5.41) is 2.87. The predicted molar refractivity (Wildman–Crippen MR) is 111 cm³/mol. The van der Waals surface area contributed by atoms with Gasteiger partial charge < -0.3 is 10.1 Å². The summed E-state index contributed by atoms with van der Waals surface area (Å²) in [6.45, 7) is 7.59. The third-order valence-corrected chi connectivity index (χ3v) is 5.63. The standard InChI is InChI=1S/C21H28N2O4S/c1-5-6-17(4)22-21(24)14-27-20-12-11-19(13-16(20)3)28(25,26)23-18-9-7-15(2)8-10-18/h7-13,17,23H,5-6,14H2,1-4H3,(H,22,24)/t17-/m1/s1. The molecule has 0 radical (unpaired) electrons. The van der Waals surface area contributed by atoms with Crippen LogP contribution in [0, 0.1) is 13.8 Å². The highest BCUT2D eigenvalue weighted by Crippen LogP contribution is 2.23. The molecule has 6 nitrogen and oxygen atoms in total. The Morgan fingerprint density at radius 3 is 2.39 bits per heavy atom. The molecular weight excluding hydrogens is 376 g/mol. The van der Waals surface area contributed by atoms with Crippen LogP contribution in [-0.2, 0) is 14.8 Å². The molecule has 1 atom stereocenters. The van der Waals surface area contributed by atoms with E-state index in [-0.39, 0.29) is 23.5 Å². The Balaban J connectivity index is 2.02. The number of rotatable bonds is 9. The van der Waals surface area contributed by atoms with Crippen LogP contribution in [-0.4, -0.2) is 27.0 Å². The van der Waals surface area contributed by atoms with Gasteiger partial charge in [0.15, 0.2) is 6.61 Å². The normalized spacial score (nSPS) is 12.3. The highest BCUT2D eigenvalue weighted by atomic mass is 32.2. The van der Waals surface area contributed by atoms with Gasteiger partial charge in [-0.15, -0.1) is 0 Å². The second kappa shape index (κ2) is 9.59. The van der Waals surface area contributed by atoms with Gasteiger partial charge in [-0.3, -0.25) is 9.52 Å². The van der Waals surface area contributed by atoms with Gasteiger partial charge >= 0.3 is 0 Å². The molecule has 2 aromatic rings. The molecule has 2 N–H and O–H groups in total. The van der Waals surface area contributed by atoms with E-state index >= 15 is 0 Å². The van der Waals surface area contributed by atoms with Crippen LogP contribution in [0.3, 0.4) is 0 Å². The molecule has 0 unspecified atom stereocenters. The lowest BCUT2D eigenvalue weighted by Crippen LogP contribution is -2.36. The van der Waals surface area contributed by atoms with E-state index in [1.165, 1.54) is 12.1 Å². The zero-order valence-corrected chi connectivity index (χ0v) is 17.6. The maximum Gasteiger partial charge on any atom is 0.261 e. The summed E-state index contributed by atoms with van der Waals surface area (Å²) in [6.07, 6.45) is 1.90. The van der Waals surface area contributed by atoms with Crippen LogP contribution in [0.25, 0.3) is 0 Å². The SMILES string of the molecule is CCC[C@@H](C)NC(=O)COc1ccc(S(=O)(=O)Nc2ccc(C)cc2)cc1C. The third kappa shape index (κ3) is 6.27. The Morgan fingerprint density at radius 2 is 1.79 bits per heavy atom. The highest BCUT2D eigenvalue weighted by Gasteiger charge is 2.16. The number of nitrogens with one attached hydrogen (secondary N) is 2. The van der Waals surface area contributed by atoms with Crippen LogP contribution in [0.5, 0.6) is 5.75 Å². The first-order valence-electron chi connectivity index (χ1n) is 9.33. The van der Waals surface area contributed by atoms with Gasteiger partial charge in [0, 0.05) is 11.7 Å². The first-order valence-corrected chi connectivity index (χ1v) is 10.8. The first-order chi connectivity index (χ1) is 13.2. The minimum atomic E-state index is -3.70. The Labute approximate surface area is 167 Å². The molecule has 0 aliphatic rings. The fourth-order valence-corrected chi connectivity index (χ4v) is 3.90. The van der Waals surface area contributed by atoms with Gasteiger partial charge in [0.05, 0.1) is 4.90 Å². The fourth-order valence-electron chi connectivity index (χ4n) is 2.75. The fraction of sp³-hybridized carbons (Fsp3) is 0.381. The molecule has 0 heterocycles. The lowest BCUT2D eigenvalue weighted by Gasteiger charge is -2.15. The van der Waals surface area contributed by atoms with Crippen LogP contribution >= 0.6 is 0 Å². The Bertz CT molecular complexity index is 909. The van der Waals surface area contributed by atoms with Crippen molar-refractivity contribution in [1.29, 1.82) is 0 Å². The van der Waals surface area contributed by atoms with Gasteiger partial charge in [-0.1, -0.05) is 31.0 Å². The number of carbonyl (C=O) groups excluding carboxylic acids is 1. The Hall–Kier alpha value is -2.54. The second-order valence-electron chi connectivity index (χ2n) is 6.94. The molecular formula is C21H28N2O4S. The molecule has 0 aliphatic carbocycles. The monoisotopic (exact) mass is 404 g/mol. The number of amides is 1. The number of ether oxygens (including phenoxy) is 1. The van der Waals surface area contributed by atoms with E-state index in [1.807, 2.05) is 26.0 Å². The van der Waals surface area contributed by atoms with Crippen molar-refractivity contribution >= 4 is 21.6 Å². The van der Waals surface area contributed by atoms with Crippen molar-refractivity contribution in [2.45, 2.75) is 51.5 Å². The molecule has 28 heavy (non-hydrogen) atoms. The summed E-state index contributed by atoms with van der Waals surface area (Å²) in [7, 11) is -3.70. The van der Waals surface area contributed by atoms with Crippen LogP contribution in [0.15, 0.2) is 47.4 Å². The average Bonchev–Trinajstić information content (AvgIpc) is 2.62. The number of hydrogen-bond acceptors (Lipinski definition) is 4. The second-order valence-corrected chi connectivity index (χ2v) is 8.63. The molecule has 0 fully saturated rings. The molecule has 0 spiro atoms. The van der Waals surface area contributed by atoms with Gasteiger partial charge in [-0.05, 0) is 63.1 Å². The van der Waals surface area contributed by atoms with E-state index in [9.17, 15) is 13.2 Å². The molecule has 2 aromatic carbocycles. The zero-order valence-electron chi connectivity index (χ0n) is 16.8. The van der Waals surface area contributed by atoms with Crippen molar-refractivity contribution in [3.63, 3.8) is 0 Å². The molecule has 152 valence electrons. The average molecular weight is 405 g/mol. The Kier molecular flexibility index (Phi) is 7.45. The molecule has 0 bridgehead atoms. The van der Waals surface area contributed by atoms with Gasteiger partial charge in [0.25, 0.3) is 15.9 Å². The number of hydrogen-bond donors (Lipinski definition) is 2. The van der Waals surface area contributed by atoms with Crippen LogP contribution < -0.4 is 14.8 Å². The van der Waals surface area contributed by atoms with E-state index < -0.39 is 10.0 Å². The maximum atomic E-state index is 12.6. The summed E-state index contributed by atoms with van der Waals surface area (Å²) < 4.78 is 33.3. The topological polar surface area (TPSA) is 84.5 Å². The van der Waals surface area contributed by atoms with Gasteiger partial charge in [0.1, 0.15) is 5.75 Å². The lowest BCUT2D eigenvalue weighted by molar-refractivity contribution is -0.123. The first kappa shape index (κ1) is 21.8. The van der Waals surface area contributed by atoms with Gasteiger partial charge in [-0.2, -0.15) is 0 Å². The van der Waals surface area contributed by atoms with Gasteiger partial charge in [0.2, 0.25) is 0 Å². The quantitative estimate of drug-likeness (QED) is 0.666. The Morgan fingerprint density at radius 1 is 1.11 bits per heavy atom. The minimum Gasteiger partial charge on any atom is -0.484 e. The largest absolute Gasteiger partial charge is 0.484 e. The predicted octanol–water partition coefficient (Wildman–Crippen LogP) is 3.79. The van der Waals surface area contributed by atoms with Crippen molar-refractivity contribution in [2.75, 3.05) is 11.3 Å².